The SMILES string of the molecule is COc1cc(C)c(S(=O)N(C)CCOCC(=O)N(C)Cc2ccc(-c3cn(C)cn3)cc2)c(C)c1. The highest BCUT2D eigenvalue weighted by Crippen LogP contribution is 2.25. The fourth-order valence-corrected chi connectivity index (χ4v) is 4.93. The Morgan fingerprint density at radius 1 is 1.11 bits per heavy atom. The van der Waals surface area contributed by atoms with E-state index in [1.165, 1.54) is 0 Å². The van der Waals surface area contributed by atoms with E-state index >= 15 is 0 Å². The topological polar surface area (TPSA) is 76.9 Å². The summed E-state index contributed by atoms with van der Waals surface area (Å²) < 4.78 is 27.5. The van der Waals surface area contributed by atoms with Crippen LogP contribution in [-0.2, 0) is 34.1 Å². The zero-order valence-electron chi connectivity index (χ0n) is 21.3. The highest BCUT2D eigenvalue weighted by Gasteiger charge is 2.17. The summed E-state index contributed by atoms with van der Waals surface area (Å²) in [5, 5.41) is 0. The van der Waals surface area contributed by atoms with Crippen LogP contribution >= 0.6 is 0 Å². The first-order valence-electron chi connectivity index (χ1n) is 11.4. The Hall–Kier alpha value is -3.01. The number of aromatic nitrogens is 2. The number of nitrogens with zero attached hydrogens (tertiary/aromatic N) is 4. The number of hydrogen-bond donors (Lipinski definition) is 0. The van der Waals surface area contributed by atoms with E-state index in [4.69, 9.17) is 9.47 Å². The molecule has 8 nitrogen and oxygen atoms in total. The molecule has 0 saturated heterocycles. The summed E-state index contributed by atoms with van der Waals surface area (Å²) in [6, 6.07) is 11.8. The molecular weight excluding hydrogens is 464 g/mol. The molecule has 9 heteroatoms. The second-order valence-corrected chi connectivity index (χ2v) is 10.1. The van der Waals surface area contributed by atoms with E-state index in [0.717, 1.165) is 38.6 Å². The van der Waals surface area contributed by atoms with Gasteiger partial charge in [-0.2, -0.15) is 0 Å². The Labute approximate surface area is 210 Å². The highest BCUT2D eigenvalue weighted by molar-refractivity contribution is 7.82. The van der Waals surface area contributed by atoms with Gasteiger partial charge in [-0.05, 0) is 42.7 Å². The molecule has 0 fully saturated rings. The number of imidazole rings is 1. The van der Waals surface area contributed by atoms with Gasteiger partial charge in [0.1, 0.15) is 23.3 Å². The van der Waals surface area contributed by atoms with Gasteiger partial charge in [0.15, 0.2) is 0 Å². The molecule has 3 aromatic rings. The van der Waals surface area contributed by atoms with Gasteiger partial charge in [0.25, 0.3) is 0 Å². The lowest BCUT2D eigenvalue weighted by Crippen LogP contribution is -2.32. The first-order valence-corrected chi connectivity index (χ1v) is 12.5. The predicted molar refractivity (Wildman–Crippen MR) is 137 cm³/mol. The van der Waals surface area contributed by atoms with Gasteiger partial charge in [-0.25, -0.2) is 13.5 Å². The molecule has 0 aliphatic carbocycles. The first-order chi connectivity index (χ1) is 16.7. The van der Waals surface area contributed by atoms with Crippen molar-refractivity contribution in [2.24, 2.45) is 7.05 Å². The smallest absolute Gasteiger partial charge is 0.248 e. The van der Waals surface area contributed by atoms with Crippen molar-refractivity contribution in [2.45, 2.75) is 25.3 Å². The van der Waals surface area contributed by atoms with Crippen LogP contribution in [0.2, 0.25) is 0 Å². The van der Waals surface area contributed by atoms with Gasteiger partial charge in [0, 0.05) is 46.0 Å². The molecule has 0 radical (unpaired) electrons. The number of benzene rings is 2. The number of ether oxygens (including phenoxy) is 2. The van der Waals surface area contributed by atoms with E-state index in [2.05, 4.69) is 4.98 Å². The quantitative estimate of drug-likeness (QED) is 0.379. The van der Waals surface area contributed by atoms with Crippen LogP contribution in [-0.4, -0.2) is 69.8 Å². The highest BCUT2D eigenvalue weighted by atomic mass is 32.2. The molecule has 0 aliphatic heterocycles. The second kappa shape index (κ2) is 12.1. The summed E-state index contributed by atoms with van der Waals surface area (Å²) in [6.45, 7) is 5.05. The molecule has 35 heavy (non-hydrogen) atoms. The molecule has 0 aliphatic rings. The number of aryl methyl sites for hydroxylation is 3. The van der Waals surface area contributed by atoms with Gasteiger partial charge in [-0.1, -0.05) is 24.3 Å². The Morgan fingerprint density at radius 2 is 1.77 bits per heavy atom. The van der Waals surface area contributed by atoms with Gasteiger partial charge in [-0.15, -0.1) is 0 Å². The summed E-state index contributed by atoms with van der Waals surface area (Å²) >= 11 is 0. The molecule has 188 valence electrons. The number of hydrogen-bond acceptors (Lipinski definition) is 5. The normalized spacial score (nSPS) is 12.1. The predicted octanol–water partition coefficient (Wildman–Crippen LogP) is 3.34. The van der Waals surface area contributed by atoms with Crippen molar-refractivity contribution in [2.75, 3.05) is 41.0 Å². The summed E-state index contributed by atoms with van der Waals surface area (Å²) in [5.41, 5.74) is 4.81. The molecule has 2 aromatic carbocycles. The van der Waals surface area contributed by atoms with E-state index in [-0.39, 0.29) is 12.5 Å². The van der Waals surface area contributed by atoms with Gasteiger partial charge >= 0.3 is 0 Å². The van der Waals surface area contributed by atoms with Gasteiger partial charge in [-0.3, -0.25) is 4.79 Å². The largest absolute Gasteiger partial charge is 0.497 e. The monoisotopic (exact) mass is 498 g/mol. The maximum atomic E-state index is 13.0. The first kappa shape index (κ1) is 26.6. The molecule has 1 aromatic heterocycles. The van der Waals surface area contributed by atoms with Gasteiger partial charge < -0.3 is 18.9 Å². The summed E-state index contributed by atoms with van der Waals surface area (Å²) in [4.78, 5) is 19.3. The Morgan fingerprint density at radius 3 is 2.34 bits per heavy atom. The van der Waals surface area contributed by atoms with Crippen LogP contribution in [0, 0.1) is 13.8 Å². The number of carbonyl (C=O) groups excluding carboxylic acids is 1. The Bertz CT molecular complexity index is 1150. The molecule has 1 unspecified atom stereocenters. The standard InChI is InChI=1S/C26H34N4O4S/c1-19-13-23(33-6)14-20(2)26(19)35(32)30(5)11-12-34-17-25(31)29(4)15-21-7-9-22(10-8-21)24-16-28(3)18-27-24/h7-10,13-14,16,18H,11-12,15,17H2,1-6H3. The van der Waals surface area contributed by atoms with Crippen molar-refractivity contribution in [3.63, 3.8) is 0 Å². The zero-order valence-corrected chi connectivity index (χ0v) is 22.1. The molecule has 1 heterocycles. The lowest BCUT2D eigenvalue weighted by molar-refractivity contribution is -0.135. The number of amides is 1. The maximum Gasteiger partial charge on any atom is 0.248 e. The third-order valence-electron chi connectivity index (χ3n) is 5.70. The van der Waals surface area contributed by atoms with Crippen molar-refractivity contribution >= 4 is 16.9 Å². The van der Waals surface area contributed by atoms with E-state index in [1.54, 1.807) is 36.7 Å². The molecular formula is C26H34N4O4S. The van der Waals surface area contributed by atoms with Crippen LogP contribution < -0.4 is 4.74 Å². The van der Waals surface area contributed by atoms with Crippen molar-refractivity contribution in [3.8, 4) is 17.0 Å². The molecule has 0 bridgehead atoms. The summed E-state index contributed by atoms with van der Waals surface area (Å²) in [5.74, 6) is 0.642. The maximum absolute atomic E-state index is 13.0. The van der Waals surface area contributed by atoms with Crippen LogP contribution in [0.15, 0.2) is 53.8 Å². The molecule has 3 rings (SSSR count). The minimum absolute atomic E-state index is 0.0242. The van der Waals surface area contributed by atoms with Crippen molar-refractivity contribution in [1.29, 1.82) is 0 Å². The van der Waals surface area contributed by atoms with Crippen LogP contribution in [0.25, 0.3) is 11.3 Å². The van der Waals surface area contributed by atoms with Gasteiger partial charge in [0.2, 0.25) is 5.91 Å². The molecule has 0 spiro atoms. The minimum atomic E-state index is -1.33. The van der Waals surface area contributed by atoms with Gasteiger partial charge in [0.05, 0.1) is 30.6 Å². The van der Waals surface area contributed by atoms with Crippen LogP contribution in [0.5, 0.6) is 5.75 Å². The second-order valence-electron chi connectivity index (χ2n) is 8.61. The van der Waals surface area contributed by atoms with E-state index < -0.39 is 11.0 Å². The zero-order chi connectivity index (χ0) is 25.5. The fraction of sp³-hybridized carbons (Fsp3) is 0.385. The number of carbonyl (C=O) groups is 1. The van der Waals surface area contributed by atoms with Crippen LogP contribution in [0.3, 0.4) is 0 Å². The molecule has 0 N–H and O–H groups in total. The third kappa shape index (κ3) is 7.00. The number of likely N-dealkylation sites (N-methyl/N-ethyl adjacent to an activating group) is 2. The van der Waals surface area contributed by atoms with E-state index in [9.17, 15) is 9.00 Å². The third-order valence-corrected chi connectivity index (χ3v) is 7.45. The Balaban J connectivity index is 1.44. The molecule has 1 atom stereocenters. The van der Waals surface area contributed by atoms with Crippen molar-refractivity contribution in [1.82, 2.24) is 18.8 Å². The van der Waals surface area contributed by atoms with E-state index in [1.807, 2.05) is 68.1 Å². The number of methoxy groups -OCH3 is 1. The van der Waals surface area contributed by atoms with Crippen molar-refractivity contribution < 1.29 is 18.5 Å². The minimum Gasteiger partial charge on any atom is -0.497 e. The average Bonchev–Trinajstić information content (AvgIpc) is 3.27. The number of rotatable bonds is 11. The van der Waals surface area contributed by atoms with E-state index in [0.29, 0.717) is 19.7 Å². The Kier molecular flexibility index (Phi) is 9.20. The van der Waals surface area contributed by atoms with Crippen molar-refractivity contribution in [3.05, 3.63) is 65.6 Å². The fourth-order valence-electron chi connectivity index (χ4n) is 3.71. The van der Waals surface area contributed by atoms with Crippen LogP contribution in [0.1, 0.15) is 16.7 Å². The lowest BCUT2D eigenvalue weighted by atomic mass is 10.1. The average molecular weight is 499 g/mol. The summed E-state index contributed by atoms with van der Waals surface area (Å²) in [7, 11) is 5.77. The molecule has 1 amide bonds. The van der Waals surface area contributed by atoms with Crippen LogP contribution in [0.4, 0.5) is 0 Å². The molecule has 0 saturated carbocycles. The lowest BCUT2D eigenvalue weighted by Gasteiger charge is -2.20. The summed E-state index contributed by atoms with van der Waals surface area (Å²) in [6.07, 6.45) is 3.74.